The molecule has 1 saturated heterocycles. The second-order valence-electron chi connectivity index (χ2n) is 5.80. The van der Waals surface area contributed by atoms with Crippen molar-refractivity contribution in [3.63, 3.8) is 0 Å². The number of carbonyl (C=O) groups excluding carboxylic acids is 1. The fraction of sp³-hybridized carbons (Fsp3) is 0.588. The van der Waals surface area contributed by atoms with Crippen molar-refractivity contribution < 1.29 is 14.3 Å². The van der Waals surface area contributed by atoms with Gasteiger partial charge in [0, 0.05) is 36.2 Å². The monoisotopic (exact) mass is 399 g/mol. The molecule has 1 aromatic carbocycles. The van der Waals surface area contributed by atoms with Crippen LogP contribution in [0.5, 0.6) is 11.5 Å². The first kappa shape index (κ1) is 18.9. The van der Waals surface area contributed by atoms with Crippen LogP contribution in [0, 0.1) is 0 Å². The van der Waals surface area contributed by atoms with Gasteiger partial charge in [-0.15, -0.1) is 0 Å². The summed E-state index contributed by atoms with van der Waals surface area (Å²) < 4.78 is 11.3. The van der Waals surface area contributed by atoms with Crippen LogP contribution in [-0.2, 0) is 0 Å². The number of hydrogen-bond donors (Lipinski definition) is 1. The van der Waals surface area contributed by atoms with Crippen LogP contribution in [0.2, 0.25) is 0 Å². The van der Waals surface area contributed by atoms with E-state index in [1.54, 1.807) is 26.4 Å². The molecule has 0 unspecified atom stereocenters. The number of urea groups is 1. The zero-order chi connectivity index (χ0) is 17.5. The molecule has 0 spiro atoms. The predicted octanol–water partition coefficient (Wildman–Crippen LogP) is 3.42. The highest BCUT2D eigenvalue weighted by molar-refractivity contribution is 9.10. The molecule has 0 aliphatic carbocycles. The zero-order valence-corrected chi connectivity index (χ0v) is 16.2. The molecule has 1 aliphatic heterocycles. The Balaban J connectivity index is 2.04. The fourth-order valence-electron chi connectivity index (χ4n) is 2.86. The van der Waals surface area contributed by atoms with E-state index < -0.39 is 0 Å². The minimum Gasteiger partial charge on any atom is -0.493 e. The maximum Gasteiger partial charge on any atom is 0.321 e. The molecule has 24 heavy (non-hydrogen) atoms. The average molecular weight is 400 g/mol. The summed E-state index contributed by atoms with van der Waals surface area (Å²) in [5, 5.41) is 2.97. The standard InChI is InChI=1S/C17H26BrN3O3/c1-4-6-20-7-5-8-21(10-9-20)17(22)19-14-12-16(24-3)15(23-2)11-13(14)18/h11-12H,4-10H2,1-3H3,(H,19,22). The molecule has 1 aliphatic rings. The van der Waals surface area contributed by atoms with Crippen LogP contribution in [0.1, 0.15) is 19.8 Å². The Kier molecular flexibility index (Phi) is 7.17. The highest BCUT2D eigenvalue weighted by atomic mass is 79.9. The number of rotatable bonds is 5. The molecule has 1 N–H and O–H groups in total. The number of benzene rings is 1. The van der Waals surface area contributed by atoms with E-state index >= 15 is 0 Å². The molecule has 0 atom stereocenters. The summed E-state index contributed by atoms with van der Waals surface area (Å²) >= 11 is 3.47. The van der Waals surface area contributed by atoms with Crippen molar-refractivity contribution in [2.45, 2.75) is 19.8 Å². The molecule has 6 nitrogen and oxygen atoms in total. The quantitative estimate of drug-likeness (QED) is 0.823. The molecule has 0 bridgehead atoms. The highest BCUT2D eigenvalue weighted by Gasteiger charge is 2.20. The second kappa shape index (κ2) is 9.13. The van der Waals surface area contributed by atoms with Gasteiger partial charge in [-0.2, -0.15) is 0 Å². The number of carbonyl (C=O) groups is 1. The first-order chi connectivity index (χ1) is 11.6. The molecular formula is C17H26BrN3O3. The van der Waals surface area contributed by atoms with Gasteiger partial charge in [0.05, 0.1) is 19.9 Å². The third-order valence-corrected chi connectivity index (χ3v) is 4.79. The van der Waals surface area contributed by atoms with Crippen molar-refractivity contribution in [3.8, 4) is 11.5 Å². The summed E-state index contributed by atoms with van der Waals surface area (Å²) in [7, 11) is 3.16. The second-order valence-corrected chi connectivity index (χ2v) is 6.65. The van der Waals surface area contributed by atoms with Crippen LogP contribution in [0.4, 0.5) is 10.5 Å². The molecule has 2 amide bonds. The van der Waals surface area contributed by atoms with E-state index in [1.165, 1.54) is 0 Å². The number of halogens is 1. The van der Waals surface area contributed by atoms with Gasteiger partial charge >= 0.3 is 6.03 Å². The van der Waals surface area contributed by atoms with Crippen molar-refractivity contribution in [1.82, 2.24) is 9.80 Å². The maximum absolute atomic E-state index is 12.6. The molecule has 0 saturated carbocycles. The molecular weight excluding hydrogens is 374 g/mol. The molecule has 2 rings (SSSR count). The van der Waals surface area contributed by atoms with Crippen LogP contribution in [0.15, 0.2) is 16.6 Å². The van der Waals surface area contributed by atoms with Gasteiger partial charge in [-0.3, -0.25) is 0 Å². The third-order valence-electron chi connectivity index (χ3n) is 4.13. The number of amides is 2. The van der Waals surface area contributed by atoms with Gasteiger partial charge in [0.2, 0.25) is 0 Å². The van der Waals surface area contributed by atoms with Gasteiger partial charge < -0.3 is 24.6 Å². The minimum absolute atomic E-state index is 0.0822. The van der Waals surface area contributed by atoms with Crippen molar-refractivity contribution in [3.05, 3.63) is 16.6 Å². The number of anilines is 1. The van der Waals surface area contributed by atoms with E-state index in [0.29, 0.717) is 17.2 Å². The molecule has 7 heteroatoms. The number of methoxy groups -OCH3 is 2. The average Bonchev–Trinajstić information content (AvgIpc) is 2.82. The Morgan fingerprint density at radius 2 is 1.88 bits per heavy atom. The lowest BCUT2D eigenvalue weighted by molar-refractivity contribution is 0.211. The van der Waals surface area contributed by atoms with Crippen LogP contribution < -0.4 is 14.8 Å². The van der Waals surface area contributed by atoms with Crippen LogP contribution in [0.25, 0.3) is 0 Å². The van der Waals surface area contributed by atoms with Crippen molar-refractivity contribution in [2.24, 2.45) is 0 Å². The first-order valence-corrected chi connectivity index (χ1v) is 9.08. The minimum atomic E-state index is -0.0822. The lowest BCUT2D eigenvalue weighted by Gasteiger charge is -2.22. The Bertz CT molecular complexity index is 568. The largest absolute Gasteiger partial charge is 0.493 e. The number of nitrogens with one attached hydrogen (secondary N) is 1. The van der Waals surface area contributed by atoms with Gasteiger partial charge in [0.15, 0.2) is 11.5 Å². The number of ether oxygens (including phenoxy) is 2. The van der Waals surface area contributed by atoms with Crippen molar-refractivity contribution in [1.29, 1.82) is 0 Å². The van der Waals surface area contributed by atoms with Crippen molar-refractivity contribution >= 4 is 27.6 Å². The molecule has 134 valence electrons. The van der Waals surface area contributed by atoms with Gasteiger partial charge in [0.25, 0.3) is 0 Å². The normalized spacial score (nSPS) is 15.8. The van der Waals surface area contributed by atoms with E-state index in [0.717, 1.165) is 50.0 Å². The molecule has 0 radical (unpaired) electrons. The van der Waals surface area contributed by atoms with Gasteiger partial charge in [0.1, 0.15) is 0 Å². The zero-order valence-electron chi connectivity index (χ0n) is 14.6. The van der Waals surface area contributed by atoms with E-state index in [2.05, 4.69) is 33.1 Å². The topological polar surface area (TPSA) is 54.0 Å². The molecule has 1 aromatic rings. The van der Waals surface area contributed by atoms with Crippen LogP contribution in [-0.4, -0.2) is 62.8 Å². The number of nitrogens with zero attached hydrogens (tertiary/aromatic N) is 2. The van der Waals surface area contributed by atoms with Gasteiger partial charge in [-0.05, 0) is 41.9 Å². The van der Waals surface area contributed by atoms with Gasteiger partial charge in [-0.1, -0.05) is 6.92 Å². The van der Waals surface area contributed by atoms with Crippen LogP contribution in [0.3, 0.4) is 0 Å². The predicted molar refractivity (Wildman–Crippen MR) is 99.2 cm³/mol. The summed E-state index contributed by atoms with van der Waals surface area (Å²) in [5.41, 5.74) is 0.673. The molecule has 0 aromatic heterocycles. The SMILES string of the molecule is CCCN1CCCN(C(=O)Nc2cc(OC)c(OC)cc2Br)CC1. The summed E-state index contributed by atoms with van der Waals surface area (Å²) in [6.45, 7) is 6.78. The Labute approximate surface area is 152 Å². The maximum atomic E-state index is 12.6. The van der Waals surface area contributed by atoms with Crippen molar-refractivity contribution in [2.75, 3.05) is 52.3 Å². The smallest absolute Gasteiger partial charge is 0.321 e. The third kappa shape index (κ3) is 4.77. The van der Waals surface area contributed by atoms with E-state index in [4.69, 9.17) is 9.47 Å². The molecule has 1 heterocycles. The summed E-state index contributed by atoms with van der Waals surface area (Å²) in [4.78, 5) is 16.9. The van der Waals surface area contributed by atoms with Gasteiger partial charge in [-0.25, -0.2) is 4.79 Å². The summed E-state index contributed by atoms with van der Waals surface area (Å²) in [6, 6.07) is 3.48. The summed E-state index contributed by atoms with van der Waals surface area (Å²) in [6.07, 6.45) is 2.14. The Morgan fingerprint density at radius 1 is 1.17 bits per heavy atom. The van der Waals surface area contributed by atoms with E-state index in [1.807, 2.05) is 4.90 Å². The Hall–Kier alpha value is -1.47. The lowest BCUT2D eigenvalue weighted by Crippen LogP contribution is -2.38. The van der Waals surface area contributed by atoms with E-state index in [-0.39, 0.29) is 6.03 Å². The highest BCUT2D eigenvalue weighted by Crippen LogP contribution is 2.36. The fourth-order valence-corrected chi connectivity index (χ4v) is 3.28. The van der Waals surface area contributed by atoms with Crippen LogP contribution >= 0.6 is 15.9 Å². The van der Waals surface area contributed by atoms with E-state index in [9.17, 15) is 4.79 Å². The molecule has 1 fully saturated rings. The first-order valence-electron chi connectivity index (χ1n) is 8.28. The Morgan fingerprint density at radius 3 is 2.54 bits per heavy atom. The summed E-state index contributed by atoms with van der Waals surface area (Å²) in [5.74, 6) is 1.20. The lowest BCUT2D eigenvalue weighted by atomic mass is 10.2. The number of hydrogen-bond acceptors (Lipinski definition) is 4.